The Morgan fingerprint density at radius 2 is 1.60 bits per heavy atom. The molecule has 0 aliphatic carbocycles. The highest BCUT2D eigenvalue weighted by Gasteiger charge is 2.13. The van der Waals surface area contributed by atoms with E-state index in [9.17, 15) is 0 Å². The van der Waals surface area contributed by atoms with Crippen molar-refractivity contribution in [3.8, 4) is 11.5 Å². The quantitative estimate of drug-likeness (QED) is 0.534. The zero-order chi connectivity index (χ0) is 14.4. The number of aryl methyl sites for hydroxylation is 1. The molecule has 1 aromatic heterocycles. The Balaban J connectivity index is 2.20. The van der Waals surface area contributed by atoms with Crippen LogP contribution in [-0.2, 0) is 6.42 Å². The van der Waals surface area contributed by atoms with E-state index in [-0.39, 0.29) is 0 Å². The van der Waals surface area contributed by atoms with E-state index in [4.69, 9.17) is 13.9 Å². The molecule has 0 aliphatic rings. The second kappa shape index (κ2) is 7.13. The molecule has 2 rings (SSSR count). The third-order valence-electron chi connectivity index (χ3n) is 3.52. The molecule has 0 amide bonds. The molecular weight excluding hydrogens is 252 g/mol. The van der Waals surface area contributed by atoms with Gasteiger partial charge in [-0.25, -0.2) is 4.42 Å². The average molecular weight is 275 g/mol. The van der Waals surface area contributed by atoms with Gasteiger partial charge in [-0.3, -0.25) is 0 Å². The second-order valence-corrected chi connectivity index (χ2v) is 4.99. The standard InChI is InChI=1S/C17H23O3/c1-4-5-6-7-8-15-9-13-10-16(18-2)17(19-3)11-14(13)12-20-15/h9-12H,4-8H2,1-3H3/q+1. The fraction of sp³-hybridized carbons (Fsp3) is 0.471. The molecule has 0 bridgehead atoms. The van der Waals surface area contributed by atoms with Crippen molar-refractivity contribution in [2.45, 2.75) is 39.0 Å². The Morgan fingerprint density at radius 3 is 2.25 bits per heavy atom. The van der Waals surface area contributed by atoms with Crippen LogP contribution in [0.3, 0.4) is 0 Å². The van der Waals surface area contributed by atoms with Gasteiger partial charge in [0.1, 0.15) is 0 Å². The molecule has 0 saturated heterocycles. The average Bonchev–Trinajstić information content (AvgIpc) is 2.50. The number of ether oxygens (including phenoxy) is 2. The minimum absolute atomic E-state index is 0.728. The van der Waals surface area contributed by atoms with Gasteiger partial charge in [0, 0.05) is 17.5 Å². The normalized spacial score (nSPS) is 10.8. The maximum Gasteiger partial charge on any atom is 0.329 e. The summed E-state index contributed by atoms with van der Waals surface area (Å²) < 4.78 is 16.3. The summed E-state index contributed by atoms with van der Waals surface area (Å²) in [6.07, 6.45) is 7.77. The Hall–Kier alpha value is -1.77. The monoisotopic (exact) mass is 275 g/mol. The van der Waals surface area contributed by atoms with Gasteiger partial charge >= 0.3 is 12.0 Å². The van der Waals surface area contributed by atoms with E-state index in [0.29, 0.717) is 0 Å². The molecule has 1 heterocycles. The van der Waals surface area contributed by atoms with E-state index in [1.54, 1.807) is 20.5 Å². The van der Waals surface area contributed by atoms with Crippen molar-refractivity contribution in [1.82, 2.24) is 0 Å². The summed E-state index contributed by atoms with van der Waals surface area (Å²) in [6, 6.07) is 6.04. The number of hydrogen-bond acceptors (Lipinski definition) is 2. The maximum absolute atomic E-state index is 5.70. The van der Waals surface area contributed by atoms with Gasteiger partial charge in [-0.1, -0.05) is 26.2 Å². The molecule has 0 unspecified atom stereocenters. The fourth-order valence-electron chi connectivity index (χ4n) is 2.34. The van der Waals surface area contributed by atoms with Crippen LogP contribution in [0.25, 0.3) is 10.8 Å². The van der Waals surface area contributed by atoms with E-state index in [0.717, 1.165) is 34.5 Å². The summed E-state index contributed by atoms with van der Waals surface area (Å²) in [7, 11) is 3.30. The Morgan fingerprint density at radius 1 is 0.900 bits per heavy atom. The van der Waals surface area contributed by atoms with Gasteiger partial charge in [0.2, 0.25) is 0 Å². The molecule has 0 fully saturated rings. The van der Waals surface area contributed by atoms with Crippen LogP contribution in [0.5, 0.6) is 11.5 Å². The number of unbranched alkanes of at least 4 members (excludes halogenated alkanes) is 3. The largest absolute Gasteiger partial charge is 0.493 e. The minimum atomic E-state index is 0.728. The van der Waals surface area contributed by atoms with Crippen molar-refractivity contribution in [2.24, 2.45) is 0 Å². The topological polar surface area (TPSA) is 29.8 Å². The van der Waals surface area contributed by atoms with Crippen LogP contribution in [0.2, 0.25) is 0 Å². The van der Waals surface area contributed by atoms with Crippen LogP contribution in [0, 0.1) is 0 Å². The zero-order valence-electron chi connectivity index (χ0n) is 12.6. The third kappa shape index (κ3) is 3.41. The smallest absolute Gasteiger partial charge is 0.329 e. The van der Waals surface area contributed by atoms with Crippen LogP contribution >= 0.6 is 0 Å². The molecule has 108 valence electrons. The lowest BCUT2D eigenvalue weighted by atomic mass is 10.1. The molecular formula is C17H23O3+. The first-order valence-electron chi connectivity index (χ1n) is 7.25. The number of hydrogen-bond donors (Lipinski definition) is 0. The third-order valence-corrected chi connectivity index (χ3v) is 3.52. The van der Waals surface area contributed by atoms with Crippen molar-refractivity contribution in [2.75, 3.05) is 14.2 Å². The lowest BCUT2D eigenvalue weighted by Gasteiger charge is -2.07. The van der Waals surface area contributed by atoms with Gasteiger partial charge in [-0.05, 0) is 12.5 Å². The van der Waals surface area contributed by atoms with Gasteiger partial charge in [0.15, 0.2) is 11.5 Å². The molecule has 0 atom stereocenters. The summed E-state index contributed by atoms with van der Waals surface area (Å²) in [6.45, 7) is 2.22. The molecule has 0 saturated carbocycles. The van der Waals surface area contributed by atoms with Crippen LogP contribution in [0.1, 0.15) is 38.4 Å². The summed E-state index contributed by atoms with van der Waals surface area (Å²) in [4.78, 5) is 0. The SMILES string of the molecule is CCCCCCc1cc2cc(OC)c(OC)cc2c[o+]1. The summed E-state index contributed by atoms with van der Waals surface area (Å²) in [5, 5.41) is 2.15. The van der Waals surface area contributed by atoms with Crippen molar-refractivity contribution >= 4 is 10.8 Å². The lowest BCUT2D eigenvalue weighted by Crippen LogP contribution is -1.91. The number of benzene rings is 1. The minimum Gasteiger partial charge on any atom is -0.493 e. The van der Waals surface area contributed by atoms with Crippen molar-refractivity contribution < 1.29 is 13.9 Å². The first kappa shape index (κ1) is 14.6. The lowest BCUT2D eigenvalue weighted by molar-refractivity contribution is 0.355. The van der Waals surface area contributed by atoms with Gasteiger partial charge in [-0.2, -0.15) is 0 Å². The Bertz CT molecular complexity index is 563. The van der Waals surface area contributed by atoms with E-state index < -0.39 is 0 Å². The van der Waals surface area contributed by atoms with Crippen LogP contribution < -0.4 is 9.47 Å². The predicted octanol–water partition coefficient (Wildman–Crippen LogP) is 4.85. The summed E-state index contributed by atoms with van der Waals surface area (Å²) >= 11 is 0. The molecule has 20 heavy (non-hydrogen) atoms. The van der Waals surface area contributed by atoms with E-state index in [1.807, 2.05) is 12.1 Å². The first-order valence-corrected chi connectivity index (χ1v) is 7.25. The van der Waals surface area contributed by atoms with Crippen LogP contribution in [0.4, 0.5) is 0 Å². The number of methoxy groups -OCH3 is 2. The van der Waals surface area contributed by atoms with Crippen molar-refractivity contribution in [3.63, 3.8) is 0 Å². The van der Waals surface area contributed by atoms with Gasteiger partial charge in [-0.15, -0.1) is 0 Å². The van der Waals surface area contributed by atoms with Crippen LogP contribution in [0.15, 0.2) is 28.9 Å². The molecule has 1 aromatic carbocycles. The molecule has 0 radical (unpaired) electrons. The van der Waals surface area contributed by atoms with Gasteiger partial charge < -0.3 is 9.47 Å². The fourth-order valence-corrected chi connectivity index (χ4v) is 2.34. The van der Waals surface area contributed by atoms with Gasteiger partial charge in [0.05, 0.1) is 26.0 Å². The number of rotatable bonds is 7. The molecule has 3 nitrogen and oxygen atoms in total. The first-order chi connectivity index (χ1) is 9.78. The Kier molecular flexibility index (Phi) is 5.22. The van der Waals surface area contributed by atoms with Crippen molar-refractivity contribution in [3.05, 3.63) is 30.2 Å². The van der Waals surface area contributed by atoms with E-state index >= 15 is 0 Å². The highest BCUT2D eigenvalue weighted by atomic mass is 16.5. The van der Waals surface area contributed by atoms with Crippen molar-refractivity contribution in [1.29, 1.82) is 0 Å². The zero-order valence-corrected chi connectivity index (χ0v) is 12.6. The highest BCUT2D eigenvalue weighted by Crippen LogP contribution is 2.32. The highest BCUT2D eigenvalue weighted by molar-refractivity contribution is 5.85. The maximum atomic E-state index is 5.70. The Labute approximate surface area is 120 Å². The molecule has 0 aliphatic heterocycles. The van der Waals surface area contributed by atoms with Crippen LogP contribution in [-0.4, -0.2) is 14.2 Å². The molecule has 3 heteroatoms. The van der Waals surface area contributed by atoms with E-state index in [2.05, 4.69) is 13.0 Å². The summed E-state index contributed by atoms with van der Waals surface area (Å²) in [5.41, 5.74) is 0. The second-order valence-electron chi connectivity index (χ2n) is 4.99. The van der Waals surface area contributed by atoms with E-state index in [1.165, 1.54) is 25.7 Å². The van der Waals surface area contributed by atoms with Gasteiger partial charge in [0.25, 0.3) is 0 Å². The molecule has 0 spiro atoms. The molecule has 0 N–H and O–H groups in total. The number of fused-ring (bicyclic) bond motifs is 1. The molecule has 2 aromatic rings. The predicted molar refractivity (Wildman–Crippen MR) is 81.6 cm³/mol. The summed E-state index contributed by atoms with van der Waals surface area (Å²) in [5.74, 6) is 2.51.